The van der Waals surface area contributed by atoms with E-state index in [1.165, 1.54) is 5.56 Å². The van der Waals surface area contributed by atoms with Crippen LogP contribution in [0, 0.1) is 0 Å². The number of benzene rings is 1. The molecule has 8 heteroatoms. The van der Waals surface area contributed by atoms with Gasteiger partial charge in [0.15, 0.2) is 0 Å². The zero-order valence-electron chi connectivity index (χ0n) is 18.3. The van der Waals surface area contributed by atoms with Gasteiger partial charge in [-0.2, -0.15) is 5.10 Å². The van der Waals surface area contributed by atoms with Crippen LogP contribution in [0.3, 0.4) is 0 Å². The molecular weight excluding hydrogens is 394 g/mol. The number of hydrogen-bond donors (Lipinski definition) is 1. The minimum absolute atomic E-state index is 0.0465. The Labute approximate surface area is 183 Å². The highest BCUT2D eigenvalue weighted by molar-refractivity contribution is 5.92. The van der Waals surface area contributed by atoms with E-state index in [-0.39, 0.29) is 11.8 Å². The molecule has 0 bridgehead atoms. The summed E-state index contributed by atoms with van der Waals surface area (Å²) < 4.78 is 8.01. The Morgan fingerprint density at radius 3 is 2.58 bits per heavy atom. The zero-order valence-corrected chi connectivity index (χ0v) is 18.3. The molecule has 1 unspecified atom stereocenters. The van der Waals surface area contributed by atoms with Gasteiger partial charge in [0, 0.05) is 46.0 Å². The summed E-state index contributed by atoms with van der Waals surface area (Å²) in [6.45, 7) is 3.14. The first-order valence-corrected chi connectivity index (χ1v) is 10.9. The Bertz CT molecular complexity index is 905. The lowest BCUT2D eigenvalue weighted by molar-refractivity contribution is -0.180. The van der Waals surface area contributed by atoms with Crippen molar-refractivity contribution in [3.05, 3.63) is 53.9 Å². The van der Waals surface area contributed by atoms with Gasteiger partial charge in [0.1, 0.15) is 11.8 Å². The van der Waals surface area contributed by atoms with Crippen molar-refractivity contribution in [1.29, 1.82) is 0 Å². The van der Waals surface area contributed by atoms with Crippen LogP contribution >= 0.6 is 0 Å². The largest absolute Gasteiger partial charge is 0.359 e. The van der Waals surface area contributed by atoms with E-state index in [4.69, 9.17) is 4.74 Å². The highest BCUT2D eigenvalue weighted by Gasteiger charge is 2.44. The van der Waals surface area contributed by atoms with Gasteiger partial charge in [-0.25, -0.2) is 0 Å². The molecule has 2 saturated heterocycles. The minimum atomic E-state index is -0.493. The molecule has 2 aliphatic heterocycles. The number of morpholine rings is 1. The Morgan fingerprint density at radius 1 is 1.16 bits per heavy atom. The third kappa shape index (κ3) is 5.14. The normalized spacial score (nSPS) is 21.2. The number of likely N-dealkylation sites (N-methyl/N-ethyl adjacent to an activating group) is 1. The van der Waals surface area contributed by atoms with Crippen LogP contribution in [0.5, 0.6) is 0 Å². The Balaban J connectivity index is 1.31. The predicted octanol–water partition coefficient (Wildman–Crippen LogP) is 1.08. The summed E-state index contributed by atoms with van der Waals surface area (Å²) in [6, 6.07) is 11.9. The van der Waals surface area contributed by atoms with Crippen LogP contribution in [0.2, 0.25) is 0 Å². The average Bonchev–Trinajstić information content (AvgIpc) is 3.20. The number of hydrogen-bond acceptors (Lipinski definition) is 5. The van der Waals surface area contributed by atoms with E-state index in [2.05, 4.69) is 27.4 Å². The van der Waals surface area contributed by atoms with Gasteiger partial charge < -0.3 is 19.9 Å². The van der Waals surface area contributed by atoms with Gasteiger partial charge in [-0.05, 0) is 37.9 Å². The molecule has 1 aromatic heterocycles. The standard InChI is InChI=1S/C23H31N5O3/c1-26-16-20(21(29)24-12-8-18-6-4-3-5-7-18)31-23(17-26)10-14-28(15-11-23)22(30)19-9-13-27(2)25-19/h3-7,9,13,20H,8,10-12,14-17H2,1-2H3,(H,24,29). The summed E-state index contributed by atoms with van der Waals surface area (Å²) >= 11 is 0. The molecule has 2 aromatic rings. The van der Waals surface area contributed by atoms with E-state index in [0.717, 1.165) is 13.0 Å². The highest BCUT2D eigenvalue weighted by atomic mass is 16.5. The maximum Gasteiger partial charge on any atom is 0.274 e. The summed E-state index contributed by atoms with van der Waals surface area (Å²) in [6.07, 6.45) is 3.50. The molecule has 31 heavy (non-hydrogen) atoms. The van der Waals surface area contributed by atoms with Crippen molar-refractivity contribution in [2.75, 3.05) is 39.8 Å². The number of aryl methyl sites for hydroxylation is 1. The number of nitrogens with one attached hydrogen (secondary N) is 1. The van der Waals surface area contributed by atoms with Gasteiger partial charge in [-0.3, -0.25) is 14.3 Å². The topological polar surface area (TPSA) is 79.7 Å². The summed E-state index contributed by atoms with van der Waals surface area (Å²) in [7, 11) is 3.83. The molecule has 4 rings (SSSR count). The van der Waals surface area contributed by atoms with Crippen LogP contribution in [0.25, 0.3) is 0 Å². The molecule has 0 saturated carbocycles. The summed E-state index contributed by atoms with van der Waals surface area (Å²) in [5.74, 6) is -0.108. The van der Waals surface area contributed by atoms with E-state index in [1.54, 1.807) is 24.0 Å². The fraction of sp³-hybridized carbons (Fsp3) is 0.522. The first-order valence-electron chi connectivity index (χ1n) is 10.9. The Hall–Kier alpha value is -2.71. The molecular formula is C23H31N5O3. The van der Waals surface area contributed by atoms with Crippen molar-refractivity contribution in [2.24, 2.45) is 7.05 Å². The van der Waals surface area contributed by atoms with Crippen LogP contribution in [0.4, 0.5) is 0 Å². The number of likely N-dealkylation sites (tertiary alicyclic amines) is 1. The van der Waals surface area contributed by atoms with Crippen molar-refractivity contribution in [2.45, 2.75) is 31.0 Å². The van der Waals surface area contributed by atoms with Gasteiger partial charge in [-0.1, -0.05) is 30.3 Å². The van der Waals surface area contributed by atoms with Gasteiger partial charge in [-0.15, -0.1) is 0 Å². The smallest absolute Gasteiger partial charge is 0.274 e. The van der Waals surface area contributed by atoms with E-state index in [1.807, 2.05) is 30.1 Å². The van der Waals surface area contributed by atoms with Crippen molar-refractivity contribution in [3.8, 4) is 0 Å². The van der Waals surface area contributed by atoms with Crippen molar-refractivity contribution in [3.63, 3.8) is 0 Å². The fourth-order valence-electron chi connectivity index (χ4n) is 4.53. The molecule has 1 N–H and O–H groups in total. The predicted molar refractivity (Wildman–Crippen MR) is 117 cm³/mol. The van der Waals surface area contributed by atoms with Crippen molar-refractivity contribution < 1.29 is 14.3 Å². The molecule has 1 atom stereocenters. The second-order valence-corrected chi connectivity index (χ2v) is 8.68. The van der Waals surface area contributed by atoms with Crippen molar-refractivity contribution >= 4 is 11.8 Å². The molecule has 1 aromatic carbocycles. The lowest BCUT2D eigenvalue weighted by Gasteiger charge is -2.48. The quantitative estimate of drug-likeness (QED) is 0.776. The minimum Gasteiger partial charge on any atom is -0.359 e. The maximum absolute atomic E-state index is 12.8. The molecule has 8 nitrogen and oxygen atoms in total. The number of amides is 2. The SMILES string of the molecule is CN1CC(C(=O)NCCc2ccccc2)OC2(CCN(C(=O)c3ccn(C)n3)CC2)C1. The van der Waals surface area contributed by atoms with E-state index >= 15 is 0 Å². The molecule has 2 aliphatic rings. The second kappa shape index (κ2) is 9.20. The third-order valence-corrected chi connectivity index (χ3v) is 6.17. The first kappa shape index (κ1) is 21.5. The second-order valence-electron chi connectivity index (χ2n) is 8.68. The van der Waals surface area contributed by atoms with E-state index < -0.39 is 11.7 Å². The molecule has 3 heterocycles. The number of ether oxygens (including phenoxy) is 1. The fourth-order valence-corrected chi connectivity index (χ4v) is 4.53. The number of piperidine rings is 1. The molecule has 0 aliphatic carbocycles. The van der Waals surface area contributed by atoms with Gasteiger partial charge in [0.2, 0.25) is 0 Å². The van der Waals surface area contributed by atoms with Crippen molar-refractivity contribution in [1.82, 2.24) is 24.9 Å². The van der Waals surface area contributed by atoms with Gasteiger partial charge in [0.25, 0.3) is 11.8 Å². The summed E-state index contributed by atoms with van der Waals surface area (Å²) in [5.41, 5.74) is 1.27. The maximum atomic E-state index is 12.8. The summed E-state index contributed by atoms with van der Waals surface area (Å²) in [5, 5.41) is 7.25. The first-order chi connectivity index (χ1) is 14.9. The zero-order chi connectivity index (χ0) is 21.8. The van der Waals surface area contributed by atoms with Crippen LogP contribution in [0.1, 0.15) is 28.9 Å². The lowest BCUT2D eigenvalue weighted by atomic mass is 9.88. The van der Waals surface area contributed by atoms with E-state index in [0.29, 0.717) is 44.7 Å². The van der Waals surface area contributed by atoms with Crippen LogP contribution in [0.15, 0.2) is 42.6 Å². The number of carbonyl (C=O) groups excluding carboxylic acids is 2. The highest BCUT2D eigenvalue weighted by Crippen LogP contribution is 2.32. The molecule has 0 radical (unpaired) electrons. The summed E-state index contributed by atoms with van der Waals surface area (Å²) in [4.78, 5) is 29.5. The molecule has 1 spiro atoms. The lowest BCUT2D eigenvalue weighted by Crippen LogP contribution is -2.62. The number of carbonyl (C=O) groups is 2. The van der Waals surface area contributed by atoms with Crippen LogP contribution in [-0.4, -0.2) is 82.9 Å². The Morgan fingerprint density at radius 2 is 1.90 bits per heavy atom. The average molecular weight is 426 g/mol. The van der Waals surface area contributed by atoms with Crippen LogP contribution < -0.4 is 5.32 Å². The number of aromatic nitrogens is 2. The number of nitrogens with zero attached hydrogens (tertiary/aromatic N) is 4. The molecule has 166 valence electrons. The van der Waals surface area contributed by atoms with E-state index in [9.17, 15) is 9.59 Å². The molecule has 2 amide bonds. The third-order valence-electron chi connectivity index (χ3n) is 6.17. The monoisotopic (exact) mass is 425 g/mol. The van der Waals surface area contributed by atoms with Gasteiger partial charge in [0.05, 0.1) is 5.60 Å². The van der Waals surface area contributed by atoms with Gasteiger partial charge >= 0.3 is 0 Å². The molecule has 2 fully saturated rings. The number of rotatable bonds is 5. The Kier molecular flexibility index (Phi) is 6.38. The van der Waals surface area contributed by atoms with Crippen LogP contribution in [-0.2, 0) is 23.0 Å².